The van der Waals surface area contributed by atoms with Crippen molar-refractivity contribution < 1.29 is 14.3 Å². The summed E-state index contributed by atoms with van der Waals surface area (Å²) < 4.78 is 12.7. The predicted octanol–water partition coefficient (Wildman–Crippen LogP) is 7.66. The molecule has 7 rings (SSSR count). The molecule has 0 N–H and O–H groups in total. The van der Waals surface area contributed by atoms with Crippen LogP contribution in [0.15, 0.2) is 0 Å². The van der Waals surface area contributed by atoms with Gasteiger partial charge < -0.3 is 9.47 Å². The maximum absolute atomic E-state index is 12.1. The zero-order valence-electron chi connectivity index (χ0n) is 23.9. The van der Waals surface area contributed by atoms with Gasteiger partial charge in [-0.3, -0.25) is 4.79 Å². The van der Waals surface area contributed by atoms with Crippen LogP contribution in [0.3, 0.4) is 0 Å². The Balaban J connectivity index is 1.38. The fourth-order valence-electron chi connectivity index (χ4n) is 12.9. The predicted molar refractivity (Wildman–Crippen MR) is 140 cm³/mol. The Bertz CT molecular complexity index is 883. The third-order valence-electron chi connectivity index (χ3n) is 14.3. The molecule has 35 heavy (non-hydrogen) atoms. The molecule has 2 aliphatic heterocycles. The lowest BCUT2D eigenvalue weighted by molar-refractivity contribution is -0.308. The van der Waals surface area contributed by atoms with E-state index in [4.69, 9.17) is 9.47 Å². The van der Waals surface area contributed by atoms with Crippen molar-refractivity contribution in [2.75, 3.05) is 6.61 Å². The molecule has 2 heterocycles. The number of hydrogen-bond acceptors (Lipinski definition) is 3. The number of carbonyl (C=O) groups excluding carboxylic acids is 1. The van der Waals surface area contributed by atoms with Gasteiger partial charge >= 0.3 is 5.97 Å². The van der Waals surface area contributed by atoms with E-state index < -0.39 is 0 Å². The number of hydrogen-bond donors (Lipinski definition) is 0. The minimum Gasteiger partial charge on any atom is -0.462 e. The molecule has 0 amide bonds. The topological polar surface area (TPSA) is 35.5 Å². The summed E-state index contributed by atoms with van der Waals surface area (Å²) in [6.07, 6.45) is 12.5. The van der Waals surface area contributed by atoms with Crippen LogP contribution in [0.25, 0.3) is 0 Å². The van der Waals surface area contributed by atoms with Crippen molar-refractivity contribution in [3.8, 4) is 0 Å². The van der Waals surface area contributed by atoms with E-state index in [1.165, 1.54) is 51.4 Å². The minimum atomic E-state index is -0.0886. The summed E-state index contributed by atoms with van der Waals surface area (Å²) >= 11 is 0. The van der Waals surface area contributed by atoms with Crippen LogP contribution in [0.2, 0.25) is 0 Å². The molecule has 1 spiro atoms. The van der Waals surface area contributed by atoms with Gasteiger partial charge in [-0.15, -0.1) is 0 Å². The van der Waals surface area contributed by atoms with Crippen molar-refractivity contribution in [2.45, 2.75) is 125 Å². The number of rotatable bonds is 2. The lowest BCUT2D eigenvalue weighted by Gasteiger charge is -2.75. The molecule has 3 heteroatoms. The average Bonchev–Trinajstić information content (AvgIpc) is 3.05. The third kappa shape index (κ3) is 2.92. The Morgan fingerprint density at radius 3 is 2.14 bits per heavy atom. The molecule has 2 bridgehead atoms. The quantitative estimate of drug-likeness (QED) is 0.377. The van der Waals surface area contributed by atoms with Crippen LogP contribution in [0.5, 0.6) is 0 Å². The molecule has 0 aromatic heterocycles. The Kier molecular flexibility index (Phi) is 5.31. The van der Waals surface area contributed by atoms with Gasteiger partial charge in [-0.25, -0.2) is 0 Å². The summed E-state index contributed by atoms with van der Waals surface area (Å²) in [4.78, 5) is 12.1. The standard InChI is InChI=1S/C32H52O3/c1-19(2)27-21-11-14-30(7)24(29(21,6)17-22(27)35-20(3)33)9-10-25-31(30,8)15-12-23-28(4,5)26-13-16-32(23,25)18-34-26/h19,21-27H,9-18H2,1-8H3. The highest BCUT2D eigenvalue weighted by Gasteiger charge is 2.73. The SMILES string of the molecule is CC(=O)OC1CC2(C)C(CCC3(C)C2CCC2C45CCC(OC4)C(C)(C)C5CCC23C)C1C(C)C. The van der Waals surface area contributed by atoms with Crippen molar-refractivity contribution in [1.82, 2.24) is 0 Å². The summed E-state index contributed by atoms with van der Waals surface area (Å²) in [5.41, 5.74) is 1.76. The second-order valence-corrected chi connectivity index (χ2v) is 15.8. The van der Waals surface area contributed by atoms with Crippen LogP contribution >= 0.6 is 0 Å². The maximum Gasteiger partial charge on any atom is 0.302 e. The second-order valence-electron chi connectivity index (χ2n) is 15.8. The van der Waals surface area contributed by atoms with Crippen molar-refractivity contribution in [1.29, 1.82) is 0 Å². The van der Waals surface area contributed by atoms with Crippen molar-refractivity contribution in [3.05, 3.63) is 0 Å². The molecule has 7 aliphatic rings. The van der Waals surface area contributed by atoms with Gasteiger partial charge in [0.25, 0.3) is 0 Å². The normalized spacial score (nSPS) is 56.1. The molecule has 0 aromatic rings. The minimum absolute atomic E-state index is 0.0886. The van der Waals surface area contributed by atoms with Crippen LogP contribution in [0.1, 0.15) is 113 Å². The molecular formula is C32H52O3. The molecule has 3 nitrogen and oxygen atoms in total. The van der Waals surface area contributed by atoms with E-state index in [0.717, 1.165) is 30.8 Å². The molecule has 11 unspecified atom stereocenters. The van der Waals surface area contributed by atoms with Gasteiger partial charge in [-0.05, 0) is 109 Å². The van der Waals surface area contributed by atoms with Crippen molar-refractivity contribution >= 4 is 5.97 Å². The number of carbonyl (C=O) groups is 1. The smallest absolute Gasteiger partial charge is 0.302 e. The molecule has 2 saturated heterocycles. The van der Waals surface area contributed by atoms with Crippen LogP contribution in [0, 0.1) is 62.6 Å². The zero-order chi connectivity index (χ0) is 25.2. The Labute approximate surface area is 214 Å². The Hall–Kier alpha value is -0.570. The first-order chi connectivity index (χ1) is 16.3. The lowest BCUT2D eigenvalue weighted by Crippen LogP contribution is -2.71. The van der Waals surface area contributed by atoms with Crippen LogP contribution < -0.4 is 0 Å². The van der Waals surface area contributed by atoms with E-state index in [1.54, 1.807) is 6.92 Å². The Morgan fingerprint density at radius 2 is 1.51 bits per heavy atom. The highest BCUT2D eigenvalue weighted by atomic mass is 16.5. The van der Waals surface area contributed by atoms with Crippen molar-refractivity contribution in [3.63, 3.8) is 0 Å². The number of esters is 1. The molecule has 11 atom stereocenters. The summed E-state index contributed by atoms with van der Waals surface area (Å²) in [5.74, 6) is 4.03. The molecule has 7 fully saturated rings. The van der Waals surface area contributed by atoms with Crippen LogP contribution in [0.4, 0.5) is 0 Å². The monoisotopic (exact) mass is 484 g/mol. The third-order valence-corrected chi connectivity index (χ3v) is 14.3. The van der Waals surface area contributed by atoms with E-state index in [-0.39, 0.29) is 17.5 Å². The highest BCUT2D eigenvalue weighted by Crippen LogP contribution is 2.79. The van der Waals surface area contributed by atoms with Gasteiger partial charge in [-0.1, -0.05) is 48.5 Å². The van der Waals surface area contributed by atoms with E-state index in [9.17, 15) is 4.79 Å². The number of fused-ring (bicyclic) bond motifs is 7. The van der Waals surface area contributed by atoms with E-state index >= 15 is 0 Å². The molecule has 0 aromatic carbocycles. The number of ether oxygens (including phenoxy) is 2. The zero-order valence-corrected chi connectivity index (χ0v) is 23.9. The summed E-state index contributed by atoms with van der Waals surface area (Å²) in [6.45, 7) is 20.5. The highest BCUT2D eigenvalue weighted by molar-refractivity contribution is 5.66. The van der Waals surface area contributed by atoms with Crippen LogP contribution in [-0.2, 0) is 14.3 Å². The van der Waals surface area contributed by atoms with Crippen molar-refractivity contribution in [2.24, 2.45) is 62.6 Å². The maximum atomic E-state index is 12.1. The molecular weight excluding hydrogens is 432 g/mol. The van der Waals surface area contributed by atoms with E-state index in [0.29, 0.717) is 45.5 Å². The van der Waals surface area contributed by atoms with Gasteiger partial charge in [0.1, 0.15) is 6.10 Å². The first-order valence-electron chi connectivity index (χ1n) is 15.1. The summed E-state index contributed by atoms with van der Waals surface area (Å²) in [7, 11) is 0. The van der Waals surface area contributed by atoms with Gasteiger partial charge in [0.15, 0.2) is 0 Å². The van der Waals surface area contributed by atoms with Gasteiger partial charge in [0.2, 0.25) is 0 Å². The van der Waals surface area contributed by atoms with E-state index in [1.807, 2.05) is 0 Å². The molecule has 198 valence electrons. The average molecular weight is 485 g/mol. The first kappa shape index (κ1) is 24.7. The first-order valence-corrected chi connectivity index (χ1v) is 15.1. The van der Waals surface area contributed by atoms with E-state index in [2.05, 4.69) is 48.5 Å². The van der Waals surface area contributed by atoms with Gasteiger partial charge in [0, 0.05) is 18.3 Å². The van der Waals surface area contributed by atoms with Gasteiger partial charge in [-0.2, -0.15) is 0 Å². The summed E-state index contributed by atoms with van der Waals surface area (Å²) in [5, 5.41) is 0. The second kappa shape index (κ2) is 7.51. The van der Waals surface area contributed by atoms with Crippen LogP contribution in [-0.4, -0.2) is 24.8 Å². The molecule has 5 aliphatic carbocycles. The fraction of sp³-hybridized carbons (Fsp3) is 0.969. The largest absolute Gasteiger partial charge is 0.462 e. The molecule has 0 radical (unpaired) electrons. The summed E-state index contributed by atoms with van der Waals surface area (Å²) in [6, 6.07) is 0. The molecule has 5 saturated carbocycles. The lowest BCUT2D eigenvalue weighted by atomic mass is 9.31. The fourth-order valence-corrected chi connectivity index (χ4v) is 12.9. The Morgan fingerprint density at radius 1 is 0.857 bits per heavy atom. The van der Waals surface area contributed by atoms with Gasteiger partial charge in [0.05, 0.1) is 12.7 Å².